The van der Waals surface area contributed by atoms with Gasteiger partial charge in [0.2, 0.25) is 0 Å². The zero-order valence-corrected chi connectivity index (χ0v) is 8.48. The maximum Gasteiger partial charge on any atom is 0.359 e. The molecule has 4 nitrogen and oxygen atoms in total. The highest BCUT2D eigenvalue weighted by atomic mass is 32.1. The van der Waals surface area contributed by atoms with E-state index in [0.29, 0.717) is 5.00 Å². The molecule has 0 bridgehead atoms. The molecule has 0 aliphatic carbocycles. The van der Waals surface area contributed by atoms with Crippen LogP contribution in [0.4, 0.5) is 5.00 Å². The molecule has 0 unspecified atom stereocenters. The number of esters is 1. The summed E-state index contributed by atoms with van der Waals surface area (Å²) in [6, 6.07) is 0. The molecule has 0 fully saturated rings. The predicted molar refractivity (Wildman–Crippen MR) is 51.9 cm³/mol. The molecule has 1 rings (SSSR count). The zero-order chi connectivity index (χ0) is 9.84. The fourth-order valence-corrected chi connectivity index (χ4v) is 1.86. The van der Waals surface area contributed by atoms with Crippen LogP contribution in [0.5, 0.6) is 0 Å². The van der Waals surface area contributed by atoms with E-state index in [1.54, 1.807) is 0 Å². The Balaban J connectivity index is 2.89. The molecule has 1 aromatic rings. The van der Waals surface area contributed by atoms with Crippen LogP contribution in [0.25, 0.3) is 0 Å². The van der Waals surface area contributed by atoms with E-state index in [1.807, 2.05) is 0 Å². The number of nitrogens with zero attached hydrogens (tertiary/aromatic N) is 1. The van der Waals surface area contributed by atoms with Gasteiger partial charge >= 0.3 is 5.97 Å². The molecule has 0 aliphatic rings. The summed E-state index contributed by atoms with van der Waals surface area (Å²) in [5.41, 5.74) is 5.85. The van der Waals surface area contributed by atoms with E-state index < -0.39 is 5.97 Å². The number of hydrogen-bond acceptors (Lipinski definition) is 5. The molecule has 0 spiro atoms. The van der Waals surface area contributed by atoms with E-state index in [-0.39, 0.29) is 5.69 Å². The zero-order valence-electron chi connectivity index (χ0n) is 7.66. The first kappa shape index (κ1) is 9.98. The van der Waals surface area contributed by atoms with E-state index in [4.69, 9.17) is 5.73 Å². The number of methoxy groups -OCH3 is 1. The topological polar surface area (TPSA) is 65.2 Å². The van der Waals surface area contributed by atoms with Crippen LogP contribution in [-0.2, 0) is 11.2 Å². The number of hydrogen-bond donors (Lipinski definition) is 1. The van der Waals surface area contributed by atoms with Gasteiger partial charge in [-0.1, -0.05) is 6.92 Å². The number of anilines is 1. The largest absolute Gasteiger partial charge is 0.464 e. The quantitative estimate of drug-likeness (QED) is 0.750. The van der Waals surface area contributed by atoms with Gasteiger partial charge in [-0.15, -0.1) is 11.3 Å². The lowest BCUT2D eigenvalue weighted by molar-refractivity contribution is 0.0596. The van der Waals surface area contributed by atoms with Crippen molar-refractivity contribution in [3.8, 4) is 0 Å². The molecule has 0 saturated heterocycles. The fourth-order valence-electron chi connectivity index (χ4n) is 0.942. The number of nitrogens with two attached hydrogens (primary N) is 1. The number of ether oxygens (including phenoxy) is 1. The summed E-state index contributed by atoms with van der Waals surface area (Å²) in [6.07, 6.45) is 1.85. The summed E-state index contributed by atoms with van der Waals surface area (Å²) in [6.45, 7) is 2.05. The van der Waals surface area contributed by atoms with Gasteiger partial charge < -0.3 is 10.5 Å². The fraction of sp³-hybridized carbons (Fsp3) is 0.500. The first-order valence-corrected chi connectivity index (χ1v) is 4.84. The lowest BCUT2D eigenvalue weighted by atomic mass is 10.3. The summed E-state index contributed by atoms with van der Waals surface area (Å²) in [4.78, 5) is 15.2. The second-order valence-electron chi connectivity index (χ2n) is 2.56. The minimum Gasteiger partial charge on any atom is -0.464 e. The van der Waals surface area contributed by atoms with Crippen molar-refractivity contribution >= 4 is 22.3 Å². The van der Waals surface area contributed by atoms with Gasteiger partial charge in [-0.3, -0.25) is 0 Å². The van der Waals surface area contributed by atoms with Crippen molar-refractivity contribution in [1.29, 1.82) is 0 Å². The Morgan fingerprint density at radius 1 is 1.69 bits per heavy atom. The van der Waals surface area contributed by atoms with Crippen molar-refractivity contribution in [3.63, 3.8) is 0 Å². The van der Waals surface area contributed by atoms with Gasteiger partial charge in [0.1, 0.15) is 5.00 Å². The van der Waals surface area contributed by atoms with E-state index in [1.165, 1.54) is 18.4 Å². The van der Waals surface area contributed by atoms with Crippen LogP contribution in [0.2, 0.25) is 0 Å². The molecule has 0 amide bonds. The van der Waals surface area contributed by atoms with E-state index in [2.05, 4.69) is 16.6 Å². The summed E-state index contributed by atoms with van der Waals surface area (Å²) >= 11 is 1.35. The molecule has 0 radical (unpaired) electrons. The standard InChI is InChI=1S/C8H12N2O2S/c1-3-4-5-10-6(7(9)13-5)8(11)12-2/h3-4,9H2,1-2H3. The average molecular weight is 200 g/mol. The molecule has 0 aromatic carbocycles. The first-order valence-electron chi connectivity index (χ1n) is 4.02. The summed E-state index contributed by atoms with van der Waals surface area (Å²) in [7, 11) is 1.32. The van der Waals surface area contributed by atoms with Gasteiger partial charge in [-0.2, -0.15) is 0 Å². The Bertz CT molecular complexity index is 309. The van der Waals surface area contributed by atoms with Gasteiger partial charge in [-0.05, 0) is 12.8 Å². The highest BCUT2D eigenvalue weighted by Gasteiger charge is 2.15. The van der Waals surface area contributed by atoms with Gasteiger partial charge in [0, 0.05) is 0 Å². The Morgan fingerprint density at radius 2 is 2.38 bits per heavy atom. The second kappa shape index (κ2) is 4.23. The number of rotatable bonds is 3. The van der Waals surface area contributed by atoms with Crippen LogP contribution in [0.15, 0.2) is 0 Å². The Kier molecular flexibility index (Phi) is 3.25. The normalized spacial score (nSPS) is 10.0. The molecule has 13 heavy (non-hydrogen) atoms. The maximum atomic E-state index is 11.1. The van der Waals surface area contributed by atoms with Gasteiger partial charge in [0.25, 0.3) is 0 Å². The molecular weight excluding hydrogens is 188 g/mol. The van der Waals surface area contributed by atoms with Crippen LogP contribution >= 0.6 is 11.3 Å². The number of aromatic nitrogens is 1. The summed E-state index contributed by atoms with van der Waals surface area (Å²) in [5, 5.41) is 1.33. The summed E-state index contributed by atoms with van der Waals surface area (Å²) < 4.78 is 4.53. The minimum absolute atomic E-state index is 0.246. The number of thiazole rings is 1. The number of carbonyl (C=O) groups is 1. The van der Waals surface area contributed by atoms with Crippen LogP contribution in [0.1, 0.15) is 28.8 Å². The Labute approximate surface area is 80.7 Å². The Hall–Kier alpha value is -1.10. The van der Waals surface area contributed by atoms with Gasteiger partial charge in [0.15, 0.2) is 5.69 Å². The third-order valence-corrected chi connectivity index (χ3v) is 2.48. The van der Waals surface area contributed by atoms with Crippen LogP contribution in [0.3, 0.4) is 0 Å². The lowest BCUT2D eigenvalue weighted by Gasteiger charge is -1.93. The summed E-state index contributed by atoms with van der Waals surface area (Å²) in [5.74, 6) is -0.462. The molecule has 0 saturated carbocycles. The number of nitrogen functional groups attached to an aromatic ring is 1. The van der Waals surface area contributed by atoms with Crippen molar-refractivity contribution in [2.75, 3.05) is 12.8 Å². The highest BCUT2D eigenvalue weighted by molar-refractivity contribution is 7.15. The van der Waals surface area contributed by atoms with Crippen molar-refractivity contribution in [1.82, 2.24) is 4.98 Å². The van der Waals surface area contributed by atoms with Gasteiger partial charge in [0.05, 0.1) is 12.1 Å². The van der Waals surface area contributed by atoms with Crippen molar-refractivity contribution < 1.29 is 9.53 Å². The average Bonchev–Trinajstić information content (AvgIpc) is 2.46. The minimum atomic E-state index is -0.462. The molecule has 1 heterocycles. The molecule has 5 heteroatoms. The van der Waals surface area contributed by atoms with E-state index in [9.17, 15) is 4.79 Å². The monoisotopic (exact) mass is 200 g/mol. The Morgan fingerprint density at radius 3 is 2.92 bits per heavy atom. The molecule has 2 N–H and O–H groups in total. The van der Waals surface area contributed by atoms with Crippen molar-refractivity contribution in [2.24, 2.45) is 0 Å². The molecule has 0 aliphatic heterocycles. The second-order valence-corrected chi connectivity index (χ2v) is 3.68. The lowest BCUT2D eigenvalue weighted by Crippen LogP contribution is -2.04. The van der Waals surface area contributed by atoms with Crippen molar-refractivity contribution in [3.05, 3.63) is 10.7 Å². The van der Waals surface area contributed by atoms with E-state index in [0.717, 1.165) is 17.8 Å². The number of carbonyl (C=O) groups excluding carboxylic acids is 1. The molecule has 0 atom stereocenters. The van der Waals surface area contributed by atoms with Crippen molar-refractivity contribution in [2.45, 2.75) is 19.8 Å². The van der Waals surface area contributed by atoms with E-state index >= 15 is 0 Å². The van der Waals surface area contributed by atoms with Crippen LogP contribution in [-0.4, -0.2) is 18.1 Å². The van der Waals surface area contributed by atoms with Gasteiger partial charge in [-0.25, -0.2) is 9.78 Å². The smallest absolute Gasteiger partial charge is 0.359 e. The molecule has 72 valence electrons. The third kappa shape index (κ3) is 2.18. The predicted octanol–water partition coefficient (Wildman–Crippen LogP) is 1.46. The SMILES string of the molecule is CCCc1nc(C(=O)OC)c(N)s1. The first-order chi connectivity index (χ1) is 6.19. The third-order valence-electron chi connectivity index (χ3n) is 1.54. The molecule has 1 aromatic heterocycles. The van der Waals surface area contributed by atoms with Crippen LogP contribution in [0, 0.1) is 0 Å². The molecular formula is C8H12N2O2S. The highest BCUT2D eigenvalue weighted by Crippen LogP contribution is 2.22. The number of aryl methyl sites for hydroxylation is 1. The van der Waals surface area contributed by atoms with Crippen LogP contribution < -0.4 is 5.73 Å². The maximum absolute atomic E-state index is 11.1.